The number of nitrogens with two attached hydrogens (primary N) is 1. The highest BCUT2D eigenvalue weighted by molar-refractivity contribution is 7.84. The molecule has 2 N–H and O–H groups in total. The smallest absolute Gasteiger partial charge is 0.146 e. The number of hydrogen-bond donors (Lipinski definition) is 1. The van der Waals surface area contributed by atoms with Crippen LogP contribution in [0.25, 0.3) is 0 Å². The predicted molar refractivity (Wildman–Crippen MR) is 64.0 cm³/mol. The Labute approximate surface area is 97.2 Å². The fourth-order valence-electron chi connectivity index (χ4n) is 1.28. The van der Waals surface area contributed by atoms with Gasteiger partial charge in [-0.25, -0.2) is 4.39 Å². The number of rotatable bonds is 6. The van der Waals surface area contributed by atoms with Gasteiger partial charge >= 0.3 is 0 Å². The van der Waals surface area contributed by atoms with Crippen molar-refractivity contribution in [2.24, 2.45) is 0 Å². The molecule has 0 aromatic heterocycles. The fraction of sp³-hybridized carbons (Fsp3) is 0.455. The standard InChI is InChI=1S/C11H16FNO2S/c1-15-5-2-6-16(14)8-9-3-4-11(13)10(12)7-9/h3-4,7H,2,5-6,8,13H2,1H3. The topological polar surface area (TPSA) is 52.3 Å². The Balaban J connectivity index is 2.46. The third-order valence-electron chi connectivity index (χ3n) is 2.11. The third-order valence-corrected chi connectivity index (χ3v) is 3.51. The highest BCUT2D eigenvalue weighted by atomic mass is 32.2. The van der Waals surface area contributed by atoms with Gasteiger partial charge in [0.1, 0.15) is 5.82 Å². The van der Waals surface area contributed by atoms with Gasteiger partial charge in [0, 0.05) is 36.0 Å². The summed E-state index contributed by atoms with van der Waals surface area (Å²) in [6.07, 6.45) is 0.751. The van der Waals surface area contributed by atoms with Gasteiger partial charge in [0.15, 0.2) is 0 Å². The average molecular weight is 245 g/mol. The molecule has 0 aliphatic heterocycles. The van der Waals surface area contributed by atoms with E-state index in [2.05, 4.69) is 0 Å². The molecule has 1 unspecified atom stereocenters. The molecule has 0 heterocycles. The van der Waals surface area contributed by atoms with Crippen LogP contribution in [0, 0.1) is 5.82 Å². The molecule has 1 aromatic rings. The first-order valence-corrected chi connectivity index (χ1v) is 6.50. The van der Waals surface area contributed by atoms with Crippen molar-refractivity contribution in [3.05, 3.63) is 29.6 Å². The number of halogens is 1. The van der Waals surface area contributed by atoms with Crippen molar-refractivity contribution in [3.8, 4) is 0 Å². The average Bonchev–Trinajstić information content (AvgIpc) is 2.24. The van der Waals surface area contributed by atoms with Crippen molar-refractivity contribution in [1.82, 2.24) is 0 Å². The van der Waals surface area contributed by atoms with Crippen LogP contribution in [0.1, 0.15) is 12.0 Å². The van der Waals surface area contributed by atoms with Crippen LogP contribution >= 0.6 is 0 Å². The molecule has 0 radical (unpaired) electrons. The fourth-order valence-corrected chi connectivity index (χ4v) is 2.42. The lowest BCUT2D eigenvalue weighted by atomic mass is 10.2. The van der Waals surface area contributed by atoms with E-state index in [1.54, 1.807) is 13.2 Å². The first-order chi connectivity index (χ1) is 7.63. The number of benzene rings is 1. The van der Waals surface area contributed by atoms with E-state index in [4.69, 9.17) is 10.5 Å². The minimum absolute atomic E-state index is 0.119. The summed E-state index contributed by atoms with van der Waals surface area (Å²) in [4.78, 5) is 0. The number of ether oxygens (including phenoxy) is 1. The van der Waals surface area contributed by atoms with E-state index in [-0.39, 0.29) is 5.69 Å². The largest absolute Gasteiger partial charge is 0.396 e. The molecule has 16 heavy (non-hydrogen) atoms. The van der Waals surface area contributed by atoms with Gasteiger partial charge in [0.05, 0.1) is 5.69 Å². The molecule has 0 spiro atoms. The quantitative estimate of drug-likeness (QED) is 0.613. The lowest BCUT2D eigenvalue weighted by molar-refractivity contribution is 0.200. The summed E-state index contributed by atoms with van der Waals surface area (Å²) >= 11 is 0. The monoisotopic (exact) mass is 245 g/mol. The van der Waals surface area contributed by atoms with E-state index in [0.717, 1.165) is 6.42 Å². The number of hydrogen-bond acceptors (Lipinski definition) is 3. The summed E-state index contributed by atoms with van der Waals surface area (Å²) in [7, 11) is 0.635. The number of anilines is 1. The molecular formula is C11H16FNO2S. The Hall–Kier alpha value is -0.940. The van der Waals surface area contributed by atoms with Crippen LogP contribution in [0.4, 0.5) is 10.1 Å². The Morgan fingerprint density at radius 2 is 2.25 bits per heavy atom. The summed E-state index contributed by atoms with van der Waals surface area (Å²) in [6, 6.07) is 4.53. The third kappa shape index (κ3) is 4.28. The lowest BCUT2D eigenvalue weighted by Gasteiger charge is -2.04. The first kappa shape index (κ1) is 13.1. The molecule has 90 valence electrons. The molecule has 0 fully saturated rings. The minimum Gasteiger partial charge on any atom is -0.396 e. The molecule has 3 nitrogen and oxygen atoms in total. The maximum atomic E-state index is 13.1. The molecule has 0 bridgehead atoms. The van der Waals surface area contributed by atoms with Gasteiger partial charge in [-0.05, 0) is 24.1 Å². The molecule has 1 atom stereocenters. The number of nitrogen functional groups attached to an aromatic ring is 1. The molecule has 0 amide bonds. The Morgan fingerprint density at radius 3 is 2.88 bits per heavy atom. The van der Waals surface area contributed by atoms with Crippen molar-refractivity contribution >= 4 is 16.5 Å². The second-order valence-electron chi connectivity index (χ2n) is 3.49. The van der Waals surface area contributed by atoms with E-state index in [9.17, 15) is 8.60 Å². The van der Waals surface area contributed by atoms with Gasteiger partial charge < -0.3 is 10.5 Å². The molecule has 0 aliphatic carbocycles. The van der Waals surface area contributed by atoms with Gasteiger partial charge in [0.2, 0.25) is 0 Å². The summed E-state index contributed by atoms with van der Waals surface area (Å²) in [5.74, 6) is 0.479. The van der Waals surface area contributed by atoms with E-state index in [1.165, 1.54) is 12.1 Å². The Bertz CT molecular complexity index is 371. The lowest BCUT2D eigenvalue weighted by Crippen LogP contribution is -2.04. The number of methoxy groups -OCH3 is 1. The van der Waals surface area contributed by atoms with E-state index >= 15 is 0 Å². The minimum atomic E-state index is -0.975. The zero-order valence-corrected chi connectivity index (χ0v) is 10.1. The van der Waals surface area contributed by atoms with Crippen molar-refractivity contribution < 1.29 is 13.3 Å². The van der Waals surface area contributed by atoms with E-state index in [0.29, 0.717) is 23.7 Å². The van der Waals surface area contributed by atoms with Crippen LogP contribution < -0.4 is 5.73 Å². The molecule has 0 saturated carbocycles. The molecule has 0 saturated heterocycles. The molecular weight excluding hydrogens is 229 g/mol. The molecule has 1 aromatic carbocycles. The molecule has 5 heteroatoms. The van der Waals surface area contributed by atoms with Crippen molar-refractivity contribution in [1.29, 1.82) is 0 Å². The van der Waals surface area contributed by atoms with Crippen LogP contribution in [0.3, 0.4) is 0 Å². The van der Waals surface area contributed by atoms with Crippen molar-refractivity contribution in [2.75, 3.05) is 25.2 Å². The molecule has 1 rings (SSSR count). The SMILES string of the molecule is COCCCS(=O)Cc1ccc(N)c(F)c1. The predicted octanol–water partition coefficient (Wildman–Crippen LogP) is 1.69. The summed E-state index contributed by atoms with van der Waals surface area (Å²) in [6.45, 7) is 0.599. The van der Waals surface area contributed by atoms with E-state index < -0.39 is 16.6 Å². The van der Waals surface area contributed by atoms with Crippen molar-refractivity contribution in [2.45, 2.75) is 12.2 Å². The summed E-state index contributed by atoms with van der Waals surface area (Å²) < 4.78 is 29.5. The van der Waals surface area contributed by atoms with Crippen LogP contribution in [0.5, 0.6) is 0 Å². The van der Waals surface area contributed by atoms with Gasteiger partial charge in [-0.2, -0.15) is 0 Å². The van der Waals surface area contributed by atoms with Gasteiger partial charge in [-0.3, -0.25) is 4.21 Å². The highest BCUT2D eigenvalue weighted by Crippen LogP contribution is 2.13. The van der Waals surface area contributed by atoms with Crippen molar-refractivity contribution in [3.63, 3.8) is 0 Å². The maximum Gasteiger partial charge on any atom is 0.146 e. The zero-order chi connectivity index (χ0) is 12.0. The summed E-state index contributed by atoms with van der Waals surface area (Å²) in [5.41, 5.74) is 6.18. The van der Waals surface area contributed by atoms with Crippen LogP contribution in [-0.2, 0) is 21.3 Å². The van der Waals surface area contributed by atoms with Crippen LogP contribution in [-0.4, -0.2) is 23.7 Å². The highest BCUT2D eigenvalue weighted by Gasteiger charge is 2.04. The second-order valence-corrected chi connectivity index (χ2v) is 5.07. The van der Waals surface area contributed by atoms with Gasteiger partial charge in [-0.1, -0.05) is 6.07 Å². The Kier molecular flexibility index (Phi) is 5.42. The normalized spacial score (nSPS) is 12.6. The van der Waals surface area contributed by atoms with Crippen LogP contribution in [0.15, 0.2) is 18.2 Å². The Morgan fingerprint density at radius 1 is 1.50 bits per heavy atom. The van der Waals surface area contributed by atoms with Crippen LogP contribution in [0.2, 0.25) is 0 Å². The first-order valence-electron chi connectivity index (χ1n) is 5.01. The molecule has 0 aliphatic rings. The van der Waals surface area contributed by atoms with Gasteiger partial charge in [-0.15, -0.1) is 0 Å². The van der Waals surface area contributed by atoms with Gasteiger partial charge in [0.25, 0.3) is 0 Å². The van der Waals surface area contributed by atoms with E-state index in [1.807, 2.05) is 0 Å². The zero-order valence-electron chi connectivity index (χ0n) is 9.24. The maximum absolute atomic E-state index is 13.1. The second kappa shape index (κ2) is 6.60. The summed E-state index contributed by atoms with van der Waals surface area (Å²) in [5, 5.41) is 0.